The Morgan fingerprint density at radius 3 is 2.73 bits per heavy atom. The van der Waals surface area contributed by atoms with Crippen molar-refractivity contribution >= 4 is 5.82 Å². The third-order valence-corrected chi connectivity index (χ3v) is 3.05. The Hall–Kier alpha value is -1.09. The van der Waals surface area contributed by atoms with Gasteiger partial charge in [-0.05, 0) is 25.0 Å². The number of hydrogen-bond acceptors (Lipinski definition) is 3. The molecule has 0 aliphatic heterocycles. The minimum Gasteiger partial charge on any atom is -0.388 e. The third-order valence-electron chi connectivity index (χ3n) is 3.05. The molecule has 3 heteroatoms. The fraction of sp³-hybridized carbons (Fsp3) is 0.583. The summed E-state index contributed by atoms with van der Waals surface area (Å²) >= 11 is 0. The first-order chi connectivity index (χ1) is 7.29. The summed E-state index contributed by atoms with van der Waals surface area (Å²) in [5, 5.41) is 13.4. The standard InChI is InChI=1S/C12H18N2O/c15-12(7-3-1-4-8-12)10-14-11-6-2-5-9-13-11/h2,5-6,9,15H,1,3-4,7-8,10H2,(H,13,14). The molecule has 82 valence electrons. The van der Waals surface area contributed by atoms with Gasteiger partial charge in [-0.1, -0.05) is 25.3 Å². The smallest absolute Gasteiger partial charge is 0.125 e. The Balaban J connectivity index is 1.87. The average Bonchev–Trinajstić information content (AvgIpc) is 2.29. The van der Waals surface area contributed by atoms with Crippen molar-refractivity contribution in [2.24, 2.45) is 0 Å². The second kappa shape index (κ2) is 4.62. The lowest BCUT2D eigenvalue weighted by Gasteiger charge is -2.32. The second-order valence-corrected chi connectivity index (χ2v) is 4.35. The molecule has 1 aliphatic rings. The van der Waals surface area contributed by atoms with E-state index in [4.69, 9.17) is 0 Å². The highest BCUT2D eigenvalue weighted by Crippen LogP contribution is 2.27. The van der Waals surface area contributed by atoms with E-state index in [-0.39, 0.29) is 0 Å². The number of hydrogen-bond donors (Lipinski definition) is 2. The fourth-order valence-corrected chi connectivity index (χ4v) is 2.11. The first kappa shape index (κ1) is 10.4. The van der Waals surface area contributed by atoms with E-state index in [1.165, 1.54) is 6.42 Å². The van der Waals surface area contributed by atoms with E-state index in [0.29, 0.717) is 6.54 Å². The molecule has 1 saturated carbocycles. The Bertz CT molecular complexity index is 294. The molecule has 0 saturated heterocycles. The van der Waals surface area contributed by atoms with Crippen molar-refractivity contribution in [3.8, 4) is 0 Å². The molecule has 0 unspecified atom stereocenters. The van der Waals surface area contributed by atoms with Crippen molar-refractivity contribution in [3.05, 3.63) is 24.4 Å². The van der Waals surface area contributed by atoms with Gasteiger partial charge in [-0.15, -0.1) is 0 Å². The van der Waals surface area contributed by atoms with E-state index in [9.17, 15) is 5.11 Å². The van der Waals surface area contributed by atoms with Gasteiger partial charge in [0, 0.05) is 12.7 Å². The van der Waals surface area contributed by atoms with Gasteiger partial charge in [0.2, 0.25) is 0 Å². The molecule has 1 aromatic heterocycles. The summed E-state index contributed by atoms with van der Waals surface area (Å²) in [6, 6.07) is 5.76. The van der Waals surface area contributed by atoms with Crippen LogP contribution in [-0.4, -0.2) is 22.2 Å². The van der Waals surface area contributed by atoms with Crippen LogP contribution in [0.2, 0.25) is 0 Å². The van der Waals surface area contributed by atoms with Crippen LogP contribution in [0.4, 0.5) is 5.82 Å². The molecular weight excluding hydrogens is 188 g/mol. The molecule has 0 aromatic carbocycles. The topological polar surface area (TPSA) is 45.1 Å². The highest BCUT2D eigenvalue weighted by Gasteiger charge is 2.28. The summed E-state index contributed by atoms with van der Waals surface area (Å²) in [5.74, 6) is 0.844. The zero-order valence-electron chi connectivity index (χ0n) is 8.95. The predicted molar refractivity (Wildman–Crippen MR) is 60.8 cm³/mol. The van der Waals surface area contributed by atoms with E-state index in [1.807, 2.05) is 18.2 Å². The number of pyridine rings is 1. The Labute approximate surface area is 90.5 Å². The molecule has 15 heavy (non-hydrogen) atoms. The molecule has 0 atom stereocenters. The van der Waals surface area contributed by atoms with Gasteiger partial charge in [-0.2, -0.15) is 0 Å². The maximum absolute atomic E-state index is 10.2. The minimum absolute atomic E-state index is 0.518. The van der Waals surface area contributed by atoms with Gasteiger partial charge in [-0.25, -0.2) is 4.98 Å². The maximum Gasteiger partial charge on any atom is 0.125 e. The zero-order valence-corrected chi connectivity index (χ0v) is 8.95. The number of aliphatic hydroxyl groups is 1. The summed E-state index contributed by atoms with van der Waals surface area (Å²) < 4.78 is 0. The highest BCUT2D eigenvalue weighted by atomic mass is 16.3. The molecule has 0 bridgehead atoms. The van der Waals surface area contributed by atoms with Crippen molar-refractivity contribution in [3.63, 3.8) is 0 Å². The number of nitrogens with one attached hydrogen (secondary N) is 1. The third kappa shape index (κ3) is 2.93. The lowest BCUT2D eigenvalue weighted by Crippen LogP contribution is -2.38. The molecule has 2 N–H and O–H groups in total. The van der Waals surface area contributed by atoms with E-state index >= 15 is 0 Å². The predicted octanol–water partition coefficient (Wildman–Crippen LogP) is 2.19. The van der Waals surface area contributed by atoms with Crippen LogP contribution in [0, 0.1) is 0 Å². The summed E-state index contributed by atoms with van der Waals surface area (Å²) in [6.45, 7) is 0.615. The maximum atomic E-state index is 10.2. The fourth-order valence-electron chi connectivity index (χ4n) is 2.11. The molecule has 2 rings (SSSR count). The monoisotopic (exact) mass is 206 g/mol. The summed E-state index contributed by atoms with van der Waals surface area (Å²) in [7, 11) is 0. The second-order valence-electron chi connectivity index (χ2n) is 4.35. The van der Waals surface area contributed by atoms with Crippen LogP contribution in [0.3, 0.4) is 0 Å². The SMILES string of the molecule is OC1(CNc2ccccn2)CCCCC1. The lowest BCUT2D eigenvalue weighted by atomic mass is 9.85. The van der Waals surface area contributed by atoms with Crippen LogP contribution in [0.5, 0.6) is 0 Å². The first-order valence-corrected chi connectivity index (χ1v) is 5.66. The van der Waals surface area contributed by atoms with Crippen LogP contribution in [0.1, 0.15) is 32.1 Å². The summed E-state index contributed by atoms with van der Waals surface area (Å²) in [6.07, 6.45) is 7.11. The van der Waals surface area contributed by atoms with E-state index in [1.54, 1.807) is 6.20 Å². The number of anilines is 1. The largest absolute Gasteiger partial charge is 0.388 e. The van der Waals surface area contributed by atoms with Gasteiger partial charge in [-0.3, -0.25) is 0 Å². The van der Waals surface area contributed by atoms with Gasteiger partial charge in [0.25, 0.3) is 0 Å². The van der Waals surface area contributed by atoms with Crippen molar-refractivity contribution < 1.29 is 5.11 Å². The molecule has 0 radical (unpaired) electrons. The van der Waals surface area contributed by atoms with Gasteiger partial charge >= 0.3 is 0 Å². The van der Waals surface area contributed by atoms with Crippen LogP contribution in [-0.2, 0) is 0 Å². The first-order valence-electron chi connectivity index (χ1n) is 5.66. The normalized spacial score (nSPS) is 19.8. The molecule has 0 spiro atoms. The van der Waals surface area contributed by atoms with E-state index < -0.39 is 5.60 Å². The summed E-state index contributed by atoms with van der Waals surface area (Å²) in [5.41, 5.74) is -0.518. The van der Waals surface area contributed by atoms with Crippen LogP contribution in [0.25, 0.3) is 0 Å². The highest BCUT2D eigenvalue weighted by molar-refractivity contribution is 5.33. The van der Waals surface area contributed by atoms with Crippen molar-refractivity contribution in [2.75, 3.05) is 11.9 Å². The van der Waals surface area contributed by atoms with Crippen LogP contribution in [0.15, 0.2) is 24.4 Å². The van der Waals surface area contributed by atoms with E-state index in [0.717, 1.165) is 31.5 Å². The molecule has 1 heterocycles. The Morgan fingerprint density at radius 1 is 1.27 bits per heavy atom. The van der Waals surface area contributed by atoms with Crippen molar-refractivity contribution in [2.45, 2.75) is 37.7 Å². The summed E-state index contributed by atoms with van der Waals surface area (Å²) in [4.78, 5) is 4.17. The van der Waals surface area contributed by atoms with Gasteiger partial charge < -0.3 is 10.4 Å². The number of nitrogens with zero attached hydrogens (tertiary/aromatic N) is 1. The van der Waals surface area contributed by atoms with Crippen LogP contribution >= 0.6 is 0 Å². The lowest BCUT2D eigenvalue weighted by molar-refractivity contribution is 0.0166. The molecule has 0 amide bonds. The Morgan fingerprint density at radius 2 is 2.07 bits per heavy atom. The van der Waals surface area contributed by atoms with Gasteiger partial charge in [0.15, 0.2) is 0 Å². The van der Waals surface area contributed by atoms with Crippen molar-refractivity contribution in [1.82, 2.24) is 4.98 Å². The van der Waals surface area contributed by atoms with E-state index in [2.05, 4.69) is 10.3 Å². The van der Waals surface area contributed by atoms with Gasteiger partial charge in [0.1, 0.15) is 5.82 Å². The van der Waals surface area contributed by atoms with Crippen LogP contribution < -0.4 is 5.32 Å². The quantitative estimate of drug-likeness (QED) is 0.796. The zero-order chi connectivity index (χ0) is 10.6. The average molecular weight is 206 g/mol. The molecule has 1 fully saturated rings. The Kier molecular flexibility index (Phi) is 3.21. The molecule has 1 aliphatic carbocycles. The molecular formula is C12H18N2O. The molecule has 1 aromatic rings. The van der Waals surface area contributed by atoms with Gasteiger partial charge in [0.05, 0.1) is 5.60 Å². The number of aromatic nitrogens is 1. The van der Waals surface area contributed by atoms with Crippen molar-refractivity contribution in [1.29, 1.82) is 0 Å². The number of rotatable bonds is 3. The molecule has 3 nitrogen and oxygen atoms in total. The minimum atomic E-state index is -0.518.